The number of carboxylic acids is 1. The maximum Gasteiger partial charge on any atom is 0.316 e. The number of nitrogens with one attached hydrogen (secondary N) is 1. The Balaban J connectivity index is 2.10. The van der Waals surface area contributed by atoms with Crippen LogP contribution in [0.25, 0.3) is 10.8 Å². The maximum absolute atomic E-state index is 12.8. The number of benzene rings is 3. The molecule has 0 fully saturated rings. The van der Waals surface area contributed by atoms with Gasteiger partial charge >= 0.3 is 5.97 Å². The molecule has 1 atom stereocenters. The molecule has 0 aliphatic carbocycles. The zero-order chi connectivity index (χ0) is 20.5. The number of hydrogen-bond donors (Lipinski definition) is 3. The Labute approximate surface area is 167 Å². The van der Waals surface area contributed by atoms with Gasteiger partial charge in [0, 0.05) is 10.8 Å². The number of phenolic OH excluding ortho intramolecular Hbond substituents is 1. The largest absolute Gasteiger partial charge is 0.506 e. The molecule has 0 saturated heterocycles. The van der Waals surface area contributed by atoms with E-state index in [1.165, 1.54) is 25.1 Å². The third-order valence-corrected chi connectivity index (χ3v) is 6.71. The lowest BCUT2D eigenvalue weighted by molar-refractivity contribution is -0.136. The number of fused-ring (bicyclic) bond motifs is 1. The van der Waals surface area contributed by atoms with Crippen LogP contribution in [0.4, 0.5) is 5.69 Å². The van der Waals surface area contributed by atoms with Gasteiger partial charge in [0.1, 0.15) is 11.0 Å². The van der Waals surface area contributed by atoms with Crippen molar-refractivity contribution < 1.29 is 23.4 Å². The van der Waals surface area contributed by atoms with E-state index < -0.39 is 21.2 Å². The number of hydrogen-bond acceptors (Lipinski definition) is 5. The molecule has 3 aromatic rings. The number of carboxylic acid groups (broad SMARTS) is 1. The minimum absolute atomic E-state index is 0.0769. The summed E-state index contributed by atoms with van der Waals surface area (Å²) in [6.45, 7) is 3.36. The summed E-state index contributed by atoms with van der Waals surface area (Å²) in [5.74, 6) is -1.11. The van der Waals surface area contributed by atoms with Crippen molar-refractivity contribution in [2.45, 2.75) is 28.9 Å². The second-order valence-electron chi connectivity index (χ2n) is 6.33. The molecule has 0 bridgehead atoms. The van der Waals surface area contributed by atoms with Crippen molar-refractivity contribution >= 4 is 44.2 Å². The molecule has 0 aliphatic rings. The Kier molecular flexibility index (Phi) is 5.53. The fourth-order valence-electron chi connectivity index (χ4n) is 2.67. The molecule has 0 saturated carbocycles. The SMILES string of the molecule is Cc1ccc(S(=O)(=O)Nc2cc(SC(C)C(=O)O)c(O)c3ccccc23)cc1. The lowest BCUT2D eigenvalue weighted by Crippen LogP contribution is -2.14. The molecule has 0 radical (unpaired) electrons. The minimum Gasteiger partial charge on any atom is -0.506 e. The summed E-state index contributed by atoms with van der Waals surface area (Å²) in [6, 6.07) is 14.7. The van der Waals surface area contributed by atoms with Crippen molar-refractivity contribution in [2.24, 2.45) is 0 Å². The summed E-state index contributed by atoms with van der Waals surface area (Å²) < 4.78 is 28.2. The van der Waals surface area contributed by atoms with Crippen LogP contribution >= 0.6 is 11.8 Å². The predicted octanol–water partition coefficient (Wildman–Crippen LogP) is 4.22. The van der Waals surface area contributed by atoms with E-state index in [1.807, 2.05) is 6.92 Å². The average molecular weight is 418 g/mol. The number of aliphatic carboxylic acids is 1. The van der Waals surface area contributed by atoms with Gasteiger partial charge in [0.2, 0.25) is 0 Å². The number of aryl methyl sites for hydroxylation is 1. The molecule has 6 nitrogen and oxygen atoms in total. The summed E-state index contributed by atoms with van der Waals surface area (Å²) >= 11 is 0.947. The van der Waals surface area contributed by atoms with E-state index in [1.54, 1.807) is 36.4 Å². The smallest absolute Gasteiger partial charge is 0.316 e. The molecule has 3 rings (SSSR count). The van der Waals surface area contributed by atoms with Crippen LogP contribution in [-0.4, -0.2) is 29.9 Å². The molecule has 146 valence electrons. The first-order valence-electron chi connectivity index (χ1n) is 8.42. The molecule has 0 aliphatic heterocycles. The van der Waals surface area contributed by atoms with Crippen molar-refractivity contribution in [3.05, 3.63) is 60.2 Å². The Bertz CT molecular complexity index is 1140. The van der Waals surface area contributed by atoms with E-state index in [0.717, 1.165) is 17.3 Å². The van der Waals surface area contributed by atoms with Crippen LogP contribution < -0.4 is 4.72 Å². The van der Waals surface area contributed by atoms with Gasteiger partial charge in [-0.3, -0.25) is 9.52 Å². The highest BCUT2D eigenvalue weighted by Crippen LogP contribution is 2.41. The Morgan fingerprint density at radius 1 is 1.07 bits per heavy atom. The molecule has 0 amide bonds. The van der Waals surface area contributed by atoms with E-state index >= 15 is 0 Å². The lowest BCUT2D eigenvalue weighted by Gasteiger charge is -2.16. The monoisotopic (exact) mass is 417 g/mol. The van der Waals surface area contributed by atoms with Gasteiger partial charge in [-0.05, 0) is 32.0 Å². The highest BCUT2D eigenvalue weighted by molar-refractivity contribution is 8.00. The number of carbonyl (C=O) groups is 1. The number of phenols is 1. The molecule has 1 unspecified atom stereocenters. The van der Waals surface area contributed by atoms with Crippen molar-refractivity contribution in [3.63, 3.8) is 0 Å². The van der Waals surface area contributed by atoms with Crippen molar-refractivity contribution in [1.29, 1.82) is 0 Å². The quantitative estimate of drug-likeness (QED) is 0.410. The molecule has 0 aromatic heterocycles. The van der Waals surface area contributed by atoms with Gasteiger partial charge in [0.15, 0.2) is 0 Å². The molecule has 0 heterocycles. The van der Waals surface area contributed by atoms with Crippen LogP contribution in [0.2, 0.25) is 0 Å². The van der Waals surface area contributed by atoms with Gasteiger partial charge < -0.3 is 10.2 Å². The van der Waals surface area contributed by atoms with Crippen LogP contribution in [0, 0.1) is 6.92 Å². The van der Waals surface area contributed by atoms with Gasteiger partial charge in [-0.1, -0.05) is 42.0 Å². The summed E-state index contributed by atoms with van der Waals surface area (Å²) in [4.78, 5) is 11.6. The summed E-state index contributed by atoms with van der Waals surface area (Å²) in [7, 11) is -3.85. The second-order valence-corrected chi connectivity index (χ2v) is 9.40. The van der Waals surface area contributed by atoms with Crippen LogP contribution in [0.1, 0.15) is 12.5 Å². The first-order valence-corrected chi connectivity index (χ1v) is 10.8. The van der Waals surface area contributed by atoms with E-state index in [-0.39, 0.29) is 21.2 Å². The third-order valence-electron chi connectivity index (χ3n) is 4.21. The van der Waals surface area contributed by atoms with Gasteiger partial charge in [-0.15, -0.1) is 11.8 Å². The topological polar surface area (TPSA) is 104 Å². The number of thioether (sulfide) groups is 1. The van der Waals surface area contributed by atoms with Crippen molar-refractivity contribution in [1.82, 2.24) is 0 Å². The van der Waals surface area contributed by atoms with Crippen molar-refractivity contribution in [3.8, 4) is 5.75 Å². The van der Waals surface area contributed by atoms with E-state index in [4.69, 9.17) is 5.11 Å². The van der Waals surface area contributed by atoms with E-state index in [9.17, 15) is 18.3 Å². The van der Waals surface area contributed by atoms with Gasteiger partial charge in [-0.25, -0.2) is 8.42 Å². The highest BCUT2D eigenvalue weighted by atomic mass is 32.2. The molecule has 3 aromatic carbocycles. The molecule has 3 N–H and O–H groups in total. The summed E-state index contributed by atoms with van der Waals surface area (Å²) in [5, 5.41) is 19.9. The molecule has 28 heavy (non-hydrogen) atoms. The Hall–Kier alpha value is -2.71. The van der Waals surface area contributed by atoms with Gasteiger partial charge in [0.05, 0.1) is 15.5 Å². The maximum atomic E-state index is 12.8. The van der Waals surface area contributed by atoms with Crippen LogP contribution in [-0.2, 0) is 14.8 Å². The fraction of sp³-hybridized carbons (Fsp3) is 0.150. The highest BCUT2D eigenvalue weighted by Gasteiger charge is 2.21. The number of sulfonamides is 1. The number of anilines is 1. The van der Waals surface area contributed by atoms with Gasteiger partial charge in [0.25, 0.3) is 10.0 Å². The zero-order valence-electron chi connectivity index (χ0n) is 15.2. The fourth-order valence-corrected chi connectivity index (χ4v) is 4.63. The Morgan fingerprint density at radius 3 is 2.29 bits per heavy atom. The van der Waals surface area contributed by atoms with E-state index in [0.29, 0.717) is 10.8 Å². The normalized spacial score (nSPS) is 12.6. The molecular formula is C20H19NO5S2. The third kappa shape index (κ3) is 4.07. The molecule has 8 heteroatoms. The van der Waals surface area contributed by atoms with Crippen molar-refractivity contribution in [2.75, 3.05) is 4.72 Å². The first kappa shape index (κ1) is 20.0. The van der Waals surface area contributed by atoms with E-state index in [2.05, 4.69) is 4.72 Å². The standard InChI is InChI=1S/C20H19NO5S2/c1-12-7-9-14(10-8-12)28(25,26)21-17-11-18(27-13(2)20(23)24)19(22)16-6-4-3-5-15(16)17/h3-11,13,21-22H,1-2H3,(H,23,24). The number of rotatable bonds is 6. The van der Waals surface area contributed by atoms with Crippen LogP contribution in [0.15, 0.2) is 64.4 Å². The second kappa shape index (κ2) is 7.73. The summed E-state index contributed by atoms with van der Waals surface area (Å²) in [6.07, 6.45) is 0. The van der Waals surface area contributed by atoms with Crippen LogP contribution in [0.5, 0.6) is 5.75 Å². The van der Waals surface area contributed by atoms with Gasteiger partial charge in [-0.2, -0.15) is 0 Å². The zero-order valence-corrected chi connectivity index (χ0v) is 16.8. The molecular weight excluding hydrogens is 398 g/mol. The predicted molar refractivity (Wildman–Crippen MR) is 111 cm³/mol. The van der Waals surface area contributed by atoms with Crippen LogP contribution in [0.3, 0.4) is 0 Å². The summed E-state index contributed by atoms with van der Waals surface area (Å²) in [5.41, 5.74) is 1.21. The average Bonchev–Trinajstić information content (AvgIpc) is 2.65. The molecule has 0 spiro atoms. The first-order chi connectivity index (χ1) is 13.2. The lowest BCUT2D eigenvalue weighted by atomic mass is 10.1. The Morgan fingerprint density at radius 2 is 1.68 bits per heavy atom. The minimum atomic E-state index is -3.85. The number of aromatic hydroxyl groups is 1.